The molecule has 6 nitrogen and oxygen atoms in total. The van der Waals surface area contributed by atoms with Gasteiger partial charge in [-0.3, -0.25) is 9.59 Å². The van der Waals surface area contributed by atoms with Crippen molar-refractivity contribution in [1.29, 1.82) is 0 Å². The predicted octanol–water partition coefficient (Wildman–Crippen LogP) is 14.3. The molecule has 0 fully saturated rings. The Labute approximate surface area is 353 Å². The number of hydrogen-bond acceptors (Lipinski definition) is 5. The largest absolute Gasteiger partial charge is 0.462 e. The molecule has 3 unspecified atom stereocenters. The summed E-state index contributed by atoms with van der Waals surface area (Å²) in [4.78, 5) is 26.0. The summed E-state index contributed by atoms with van der Waals surface area (Å²) in [6.45, 7) is 6.39. The van der Waals surface area contributed by atoms with E-state index in [2.05, 4.69) is 74.7 Å². The van der Waals surface area contributed by atoms with Gasteiger partial charge in [0.1, 0.15) is 6.10 Å². The molecule has 6 heteroatoms. The highest BCUT2D eigenvalue weighted by molar-refractivity contribution is 5.77. The Morgan fingerprint density at radius 1 is 0.509 bits per heavy atom. The molecule has 0 rings (SSSR count). The zero-order valence-corrected chi connectivity index (χ0v) is 37.7. The fraction of sp³-hybridized carbons (Fsp3) is 0.804. The summed E-state index contributed by atoms with van der Waals surface area (Å²) in [5, 5.41) is 23.6. The standard InChI is InChI=1S/C51H93NO5/c1-4-7-10-13-16-19-22-23-24-25-26-27-29-30-33-36-39-42-47(57-51(56)44-41-38-35-32-28-20-17-14-11-8-5-2)45-50(55)52-48(46-53)49(54)43-40-37-34-31-21-18-15-12-9-6-3/h14,16-17,19,23-24,26-27,47-49,53-54H,4-13,15,18,20-22,25,28-46H2,1-3H3,(H,52,55)/b17-14-,19-16-,24-23-,27-26-. The van der Waals surface area contributed by atoms with Gasteiger partial charge in [-0.25, -0.2) is 0 Å². The first-order chi connectivity index (χ1) is 28.0. The third-order valence-corrected chi connectivity index (χ3v) is 10.9. The van der Waals surface area contributed by atoms with Crippen molar-refractivity contribution in [3.05, 3.63) is 48.6 Å². The Morgan fingerprint density at radius 3 is 1.46 bits per heavy atom. The molecule has 0 saturated carbocycles. The number of unbranched alkanes of at least 4 members (excludes halogenated alkanes) is 23. The molecule has 57 heavy (non-hydrogen) atoms. The van der Waals surface area contributed by atoms with Crippen molar-refractivity contribution in [1.82, 2.24) is 5.32 Å². The second kappa shape index (κ2) is 44.9. The van der Waals surface area contributed by atoms with Crippen molar-refractivity contribution >= 4 is 11.9 Å². The molecular weight excluding hydrogens is 707 g/mol. The minimum absolute atomic E-state index is 0.0594. The van der Waals surface area contributed by atoms with Gasteiger partial charge in [0, 0.05) is 6.42 Å². The lowest BCUT2D eigenvalue weighted by atomic mass is 10.0. The Morgan fingerprint density at radius 2 is 0.912 bits per heavy atom. The highest BCUT2D eigenvalue weighted by Crippen LogP contribution is 2.17. The molecular formula is C51H93NO5. The molecule has 0 heterocycles. The molecule has 3 atom stereocenters. The summed E-state index contributed by atoms with van der Waals surface area (Å²) < 4.78 is 5.90. The van der Waals surface area contributed by atoms with Gasteiger partial charge in [-0.2, -0.15) is 0 Å². The van der Waals surface area contributed by atoms with Gasteiger partial charge >= 0.3 is 5.97 Å². The van der Waals surface area contributed by atoms with Crippen LogP contribution in [-0.4, -0.2) is 46.9 Å². The summed E-state index contributed by atoms with van der Waals surface area (Å²) in [6.07, 6.45) is 53.1. The van der Waals surface area contributed by atoms with E-state index in [4.69, 9.17) is 4.74 Å². The van der Waals surface area contributed by atoms with Crippen LogP contribution in [0.3, 0.4) is 0 Å². The topological polar surface area (TPSA) is 95.9 Å². The maximum atomic E-state index is 13.1. The zero-order valence-electron chi connectivity index (χ0n) is 37.7. The van der Waals surface area contributed by atoms with Crippen LogP contribution in [0.25, 0.3) is 0 Å². The summed E-state index contributed by atoms with van der Waals surface area (Å²) >= 11 is 0. The maximum absolute atomic E-state index is 13.1. The molecule has 0 aromatic carbocycles. The highest BCUT2D eigenvalue weighted by Gasteiger charge is 2.24. The van der Waals surface area contributed by atoms with Crippen LogP contribution in [0.5, 0.6) is 0 Å². The van der Waals surface area contributed by atoms with E-state index in [1.54, 1.807) is 0 Å². The summed E-state index contributed by atoms with van der Waals surface area (Å²) in [5.74, 6) is -0.506. The molecule has 0 spiro atoms. The molecule has 0 aromatic rings. The van der Waals surface area contributed by atoms with Crippen LogP contribution in [0.15, 0.2) is 48.6 Å². The molecule has 0 bridgehead atoms. The van der Waals surface area contributed by atoms with Crippen LogP contribution >= 0.6 is 0 Å². The number of aliphatic hydroxyl groups excluding tert-OH is 2. The fourth-order valence-electron chi connectivity index (χ4n) is 7.12. The van der Waals surface area contributed by atoms with Crippen molar-refractivity contribution < 1.29 is 24.5 Å². The highest BCUT2D eigenvalue weighted by atomic mass is 16.5. The fourth-order valence-corrected chi connectivity index (χ4v) is 7.12. The lowest BCUT2D eigenvalue weighted by Gasteiger charge is -2.24. The smallest absolute Gasteiger partial charge is 0.306 e. The van der Waals surface area contributed by atoms with Crippen LogP contribution in [0, 0.1) is 0 Å². The lowest BCUT2D eigenvalue weighted by Crippen LogP contribution is -2.46. The number of rotatable bonds is 43. The normalized spacial score (nSPS) is 13.7. The van der Waals surface area contributed by atoms with Crippen LogP contribution in [0.4, 0.5) is 0 Å². The van der Waals surface area contributed by atoms with Crippen molar-refractivity contribution in [3.63, 3.8) is 0 Å². The van der Waals surface area contributed by atoms with Crippen LogP contribution in [-0.2, 0) is 14.3 Å². The molecule has 332 valence electrons. The van der Waals surface area contributed by atoms with Crippen molar-refractivity contribution in [2.75, 3.05) is 6.61 Å². The third-order valence-electron chi connectivity index (χ3n) is 10.9. The first kappa shape index (κ1) is 54.8. The number of allylic oxidation sites excluding steroid dienone is 8. The van der Waals surface area contributed by atoms with E-state index in [0.29, 0.717) is 19.3 Å². The van der Waals surface area contributed by atoms with Crippen molar-refractivity contribution in [3.8, 4) is 0 Å². The van der Waals surface area contributed by atoms with Gasteiger partial charge in [0.2, 0.25) is 5.91 Å². The van der Waals surface area contributed by atoms with E-state index >= 15 is 0 Å². The minimum atomic E-state index is -0.793. The van der Waals surface area contributed by atoms with Gasteiger partial charge in [0.05, 0.1) is 25.2 Å². The second-order valence-corrected chi connectivity index (χ2v) is 16.5. The van der Waals surface area contributed by atoms with Crippen molar-refractivity contribution in [2.45, 2.75) is 257 Å². The number of hydrogen-bond donors (Lipinski definition) is 3. The molecule has 0 saturated heterocycles. The first-order valence-electron chi connectivity index (χ1n) is 24.4. The van der Waals surface area contributed by atoms with E-state index in [-0.39, 0.29) is 24.9 Å². The Balaban J connectivity index is 4.65. The van der Waals surface area contributed by atoms with Crippen molar-refractivity contribution in [2.24, 2.45) is 0 Å². The second-order valence-electron chi connectivity index (χ2n) is 16.5. The monoisotopic (exact) mass is 800 g/mol. The van der Waals surface area contributed by atoms with E-state index in [0.717, 1.165) is 89.9 Å². The lowest BCUT2D eigenvalue weighted by molar-refractivity contribution is -0.151. The molecule has 0 radical (unpaired) electrons. The van der Waals surface area contributed by atoms with Crippen LogP contribution in [0.1, 0.15) is 239 Å². The van der Waals surface area contributed by atoms with Gasteiger partial charge < -0.3 is 20.3 Å². The van der Waals surface area contributed by atoms with Gasteiger partial charge in [-0.15, -0.1) is 0 Å². The van der Waals surface area contributed by atoms with E-state index in [1.165, 1.54) is 103 Å². The molecule has 0 aromatic heterocycles. The number of amides is 1. The number of carbonyl (C=O) groups is 2. The Hall–Kier alpha value is -2.18. The van der Waals surface area contributed by atoms with Gasteiger partial charge in [0.25, 0.3) is 0 Å². The summed E-state index contributed by atoms with van der Waals surface area (Å²) in [7, 11) is 0. The Bertz CT molecular complexity index is 988. The quantitative estimate of drug-likeness (QED) is 0.0324. The van der Waals surface area contributed by atoms with E-state index in [1.807, 2.05) is 0 Å². The molecule has 0 aliphatic rings. The van der Waals surface area contributed by atoms with Gasteiger partial charge in [0.15, 0.2) is 0 Å². The van der Waals surface area contributed by atoms with Crippen LogP contribution < -0.4 is 5.32 Å². The van der Waals surface area contributed by atoms with Gasteiger partial charge in [-0.1, -0.05) is 191 Å². The van der Waals surface area contributed by atoms with E-state index < -0.39 is 18.2 Å². The number of carbonyl (C=O) groups excluding carboxylic acids is 2. The molecule has 1 amide bonds. The summed E-state index contributed by atoms with van der Waals surface area (Å²) in [6, 6.07) is -0.708. The zero-order chi connectivity index (χ0) is 41.7. The van der Waals surface area contributed by atoms with E-state index in [9.17, 15) is 19.8 Å². The first-order valence-corrected chi connectivity index (χ1v) is 24.4. The molecule has 0 aliphatic heterocycles. The molecule has 3 N–H and O–H groups in total. The SMILES string of the molecule is CCCC/C=C\CCCCCCCC(=O)OC(CCCCCC/C=C\C/C=C\C/C=C\CCCCC)CC(=O)NC(CO)C(O)CCCCCCCCCCCC. The van der Waals surface area contributed by atoms with Gasteiger partial charge in [-0.05, 0) is 83.5 Å². The number of nitrogens with one attached hydrogen (secondary N) is 1. The number of ether oxygens (including phenoxy) is 1. The summed E-state index contributed by atoms with van der Waals surface area (Å²) in [5.41, 5.74) is 0. The average Bonchev–Trinajstić information content (AvgIpc) is 3.20. The molecule has 0 aliphatic carbocycles. The number of aliphatic hydroxyl groups is 2. The predicted molar refractivity (Wildman–Crippen MR) is 245 cm³/mol. The minimum Gasteiger partial charge on any atom is -0.462 e. The van der Waals surface area contributed by atoms with Crippen LogP contribution in [0.2, 0.25) is 0 Å². The number of esters is 1. The Kier molecular flexibility index (Phi) is 43.2. The third kappa shape index (κ3) is 40.4. The maximum Gasteiger partial charge on any atom is 0.306 e. The average molecular weight is 800 g/mol.